The molecule has 0 radical (unpaired) electrons. The molecule has 2 aromatic carbocycles. The molecule has 2 rings (SSSR count). The van der Waals surface area contributed by atoms with Crippen LogP contribution in [0.5, 0.6) is 0 Å². The maximum atomic E-state index is 12.2. The molecule has 0 atom stereocenters. The second-order valence-electron chi connectivity index (χ2n) is 5.22. The first-order valence-corrected chi connectivity index (χ1v) is 8.78. The first kappa shape index (κ1) is 17.2. The van der Waals surface area contributed by atoms with Crippen LogP contribution >= 0.6 is 0 Å². The SMILES string of the molecule is CC(=O)N(CCNS(=O)(=O)c1ccc(C)cc1)c1ccccc1. The first-order chi connectivity index (χ1) is 10.9. The van der Waals surface area contributed by atoms with E-state index in [2.05, 4.69) is 4.72 Å². The number of benzene rings is 2. The van der Waals surface area contributed by atoms with Gasteiger partial charge in [0.05, 0.1) is 4.90 Å². The predicted octanol–water partition coefficient (Wildman–Crippen LogP) is 2.33. The van der Waals surface area contributed by atoms with Crippen LogP contribution in [-0.4, -0.2) is 27.4 Å². The molecule has 122 valence electrons. The second-order valence-corrected chi connectivity index (χ2v) is 6.98. The Labute approximate surface area is 137 Å². The number of nitrogens with one attached hydrogen (secondary N) is 1. The van der Waals surface area contributed by atoms with Gasteiger partial charge in [0.2, 0.25) is 15.9 Å². The number of para-hydroxylation sites is 1. The summed E-state index contributed by atoms with van der Waals surface area (Å²) in [4.78, 5) is 13.5. The Morgan fingerprint density at radius 2 is 1.65 bits per heavy atom. The fraction of sp³-hybridized carbons (Fsp3) is 0.235. The highest BCUT2D eigenvalue weighted by Crippen LogP contribution is 2.13. The lowest BCUT2D eigenvalue weighted by Crippen LogP contribution is -2.37. The largest absolute Gasteiger partial charge is 0.311 e. The van der Waals surface area contributed by atoms with E-state index in [1.807, 2.05) is 37.3 Å². The van der Waals surface area contributed by atoms with Gasteiger partial charge in [-0.2, -0.15) is 0 Å². The fourth-order valence-corrected chi connectivity index (χ4v) is 3.19. The molecule has 1 amide bonds. The summed E-state index contributed by atoms with van der Waals surface area (Å²) >= 11 is 0. The van der Waals surface area contributed by atoms with Crippen molar-refractivity contribution in [3.63, 3.8) is 0 Å². The molecule has 0 aliphatic heterocycles. The topological polar surface area (TPSA) is 66.5 Å². The molecule has 0 bridgehead atoms. The van der Waals surface area contributed by atoms with E-state index in [0.717, 1.165) is 11.3 Å². The van der Waals surface area contributed by atoms with E-state index in [-0.39, 0.29) is 23.9 Å². The highest BCUT2D eigenvalue weighted by atomic mass is 32.2. The van der Waals surface area contributed by atoms with Crippen LogP contribution in [0.2, 0.25) is 0 Å². The molecule has 2 aromatic rings. The first-order valence-electron chi connectivity index (χ1n) is 7.29. The molecule has 6 heteroatoms. The monoisotopic (exact) mass is 332 g/mol. The molecule has 23 heavy (non-hydrogen) atoms. The normalized spacial score (nSPS) is 11.2. The maximum Gasteiger partial charge on any atom is 0.240 e. The lowest BCUT2D eigenvalue weighted by molar-refractivity contribution is -0.116. The van der Waals surface area contributed by atoms with Gasteiger partial charge >= 0.3 is 0 Å². The van der Waals surface area contributed by atoms with Gasteiger partial charge in [-0.1, -0.05) is 35.9 Å². The third kappa shape index (κ3) is 4.64. The Balaban J connectivity index is 2.02. The van der Waals surface area contributed by atoms with E-state index < -0.39 is 10.0 Å². The zero-order chi connectivity index (χ0) is 16.9. The Hall–Kier alpha value is -2.18. The van der Waals surface area contributed by atoms with E-state index in [1.54, 1.807) is 24.3 Å². The minimum Gasteiger partial charge on any atom is -0.311 e. The van der Waals surface area contributed by atoms with Gasteiger partial charge < -0.3 is 4.90 Å². The van der Waals surface area contributed by atoms with Crippen molar-refractivity contribution in [3.05, 3.63) is 60.2 Å². The molecular weight excluding hydrogens is 312 g/mol. The van der Waals surface area contributed by atoms with Crippen molar-refractivity contribution >= 4 is 21.6 Å². The van der Waals surface area contributed by atoms with Gasteiger partial charge in [0, 0.05) is 25.7 Å². The lowest BCUT2D eigenvalue weighted by atomic mass is 10.2. The molecule has 1 N–H and O–H groups in total. The summed E-state index contributed by atoms with van der Waals surface area (Å²) in [5, 5.41) is 0. The zero-order valence-corrected chi connectivity index (χ0v) is 14.0. The van der Waals surface area contributed by atoms with Gasteiger partial charge in [0.25, 0.3) is 0 Å². The molecule has 5 nitrogen and oxygen atoms in total. The minimum absolute atomic E-state index is 0.134. The predicted molar refractivity (Wildman–Crippen MR) is 90.8 cm³/mol. The van der Waals surface area contributed by atoms with Gasteiger partial charge in [-0.05, 0) is 31.2 Å². The van der Waals surface area contributed by atoms with E-state index in [0.29, 0.717) is 0 Å². The molecule has 0 spiro atoms. The Kier molecular flexibility index (Phi) is 5.52. The number of hydrogen-bond donors (Lipinski definition) is 1. The van der Waals surface area contributed by atoms with Crippen LogP contribution in [0.4, 0.5) is 5.69 Å². The summed E-state index contributed by atoms with van der Waals surface area (Å²) in [5.74, 6) is -0.134. The number of nitrogens with zero attached hydrogens (tertiary/aromatic N) is 1. The maximum absolute atomic E-state index is 12.2. The van der Waals surface area contributed by atoms with Crippen molar-refractivity contribution < 1.29 is 13.2 Å². The molecule has 0 saturated carbocycles. The molecule has 0 aliphatic carbocycles. The second kappa shape index (κ2) is 7.39. The molecular formula is C17H20N2O3S. The number of rotatable bonds is 6. The summed E-state index contributed by atoms with van der Waals surface area (Å²) in [6, 6.07) is 15.8. The Morgan fingerprint density at radius 3 is 2.22 bits per heavy atom. The van der Waals surface area contributed by atoms with Gasteiger partial charge in [0.15, 0.2) is 0 Å². The van der Waals surface area contributed by atoms with Crippen LogP contribution in [0.3, 0.4) is 0 Å². The molecule has 0 unspecified atom stereocenters. The molecule has 0 heterocycles. The van der Waals surface area contributed by atoms with Gasteiger partial charge in [-0.15, -0.1) is 0 Å². The van der Waals surface area contributed by atoms with E-state index in [4.69, 9.17) is 0 Å². The number of sulfonamides is 1. The lowest BCUT2D eigenvalue weighted by Gasteiger charge is -2.21. The average Bonchev–Trinajstić information content (AvgIpc) is 2.52. The quantitative estimate of drug-likeness (QED) is 0.883. The standard InChI is InChI=1S/C17H20N2O3S/c1-14-8-10-17(11-9-14)23(21,22)18-12-13-19(15(2)20)16-6-4-3-5-7-16/h3-11,18H,12-13H2,1-2H3. The van der Waals surface area contributed by atoms with Crippen molar-refractivity contribution in [3.8, 4) is 0 Å². The van der Waals surface area contributed by atoms with Crippen LogP contribution in [0, 0.1) is 6.92 Å². The third-order valence-electron chi connectivity index (χ3n) is 3.41. The van der Waals surface area contributed by atoms with Crippen molar-refractivity contribution in [1.29, 1.82) is 0 Å². The average molecular weight is 332 g/mol. The number of hydrogen-bond acceptors (Lipinski definition) is 3. The number of carbonyl (C=O) groups is 1. The minimum atomic E-state index is -3.57. The number of carbonyl (C=O) groups excluding carboxylic acids is 1. The van der Waals surface area contributed by atoms with Crippen LogP contribution in [-0.2, 0) is 14.8 Å². The van der Waals surface area contributed by atoms with Crippen LogP contribution in [0.25, 0.3) is 0 Å². The summed E-state index contributed by atoms with van der Waals surface area (Å²) in [6.07, 6.45) is 0. The zero-order valence-electron chi connectivity index (χ0n) is 13.2. The fourth-order valence-electron chi connectivity index (χ4n) is 2.17. The molecule has 0 aliphatic rings. The van der Waals surface area contributed by atoms with Gasteiger partial charge in [-0.3, -0.25) is 4.79 Å². The third-order valence-corrected chi connectivity index (χ3v) is 4.88. The Morgan fingerprint density at radius 1 is 1.04 bits per heavy atom. The molecule has 0 aromatic heterocycles. The number of aryl methyl sites for hydroxylation is 1. The smallest absolute Gasteiger partial charge is 0.240 e. The van der Waals surface area contributed by atoms with E-state index in [1.165, 1.54) is 11.8 Å². The van der Waals surface area contributed by atoms with Crippen LogP contribution in [0.15, 0.2) is 59.5 Å². The molecule has 0 fully saturated rings. The summed E-state index contributed by atoms with van der Waals surface area (Å²) in [5.41, 5.74) is 1.74. The summed E-state index contributed by atoms with van der Waals surface area (Å²) in [6.45, 7) is 3.77. The van der Waals surface area contributed by atoms with Crippen molar-refractivity contribution in [2.24, 2.45) is 0 Å². The van der Waals surface area contributed by atoms with E-state index >= 15 is 0 Å². The number of amides is 1. The van der Waals surface area contributed by atoms with Crippen molar-refractivity contribution in [1.82, 2.24) is 4.72 Å². The molecule has 0 saturated heterocycles. The van der Waals surface area contributed by atoms with Crippen molar-refractivity contribution in [2.45, 2.75) is 18.7 Å². The summed E-state index contributed by atoms with van der Waals surface area (Å²) < 4.78 is 27.0. The van der Waals surface area contributed by atoms with Crippen LogP contribution in [0.1, 0.15) is 12.5 Å². The summed E-state index contributed by atoms with van der Waals surface area (Å²) in [7, 11) is -3.57. The van der Waals surface area contributed by atoms with Gasteiger partial charge in [0.1, 0.15) is 0 Å². The highest BCUT2D eigenvalue weighted by molar-refractivity contribution is 7.89. The highest BCUT2D eigenvalue weighted by Gasteiger charge is 2.15. The van der Waals surface area contributed by atoms with Crippen molar-refractivity contribution in [2.75, 3.05) is 18.0 Å². The van der Waals surface area contributed by atoms with Crippen LogP contribution < -0.4 is 9.62 Å². The number of anilines is 1. The van der Waals surface area contributed by atoms with Gasteiger partial charge in [-0.25, -0.2) is 13.1 Å². The van der Waals surface area contributed by atoms with E-state index in [9.17, 15) is 13.2 Å². The Bertz CT molecular complexity index is 756.